The maximum Gasteiger partial charge on any atom is 0.226 e. The van der Waals surface area contributed by atoms with Crippen molar-refractivity contribution >= 4 is 11.6 Å². The van der Waals surface area contributed by atoms with Crippen LogP contribution in [0.4, 0.5) is 5.69 Å². The first-order valence-electron chi connectivity index (χ1n) is 6.32. The predicted octanol–water partition coefficient (Wildman–Crippen LogP) is 2.36. The van der Waals surface area contributed by atoms with Gasteiger partial charge in [0.05, 0.1) is 0 Å². The van der Waals surface area contributed by atoms with Gasteiger partial charge in [0.25, 0.3) is 0 Å². The average molecular weight is 232 g/mol. The molecule has 1 aliphatic heterocycles. The highest BCUT2D eigenvalue weighted by Crippen LogP contribution is 2.24. The second kappa shape index (κ2) is 5.32. The summed E-state index contributed by atoms with van der Waals surface area (Å²) in [5, 5.41) is 0. The first-order valence-corrected chi connectivity index (χ1v) is 6.32. The summed E-state index contributed by atoms with van der Waals surface area (Å²) in [4.78, 5) is 14.0. The Morgan fingerprint density at radius 2 is 2.12 bits per heavy atom. The van der Waals surface area contributed by atoms with Crippen molar-refractivity contribution in [2.24, 2.45) is 5.73 Å². The zero-order chi connectivity index (χ0) is 12.3. The van der Waals surface area contributed by atoms with Gasteiger partial charge in [-0.2, -0.15) is 0 Å². The zero-order valence-corrected chi connectivity index (χ0v) is 10.4. The van der Waals surface area contributed by atoms with Gasteiger partial charge in [-0.25, -0.2) is 0 Å². The summed E-state index contributed by atoms with van der Waals surface area (Å²) >= 11 is 0. The summed E-state index contributed by atoms with van der Waals surface area (Å²) in [5.74, 6) is 0.256. The molecule has 2 N–H and O–H groups in total. The Hall–Kier alpha value is -1.35. The fourth-order valence-corrected chi connectivity index (χ4v) is 2.38. The Balaban J connectivity index is 2.28. The van der Waals surface area contributed by atoms with E-state index in [4.69, 9.17) is 5.73 Å². The summed E-state index contributed by atoms with van der Waals surface area (Å²) in [6, 6.07) is 6.12. The molecular formula is C14H20N2O. The molecule has 3 heteroatoms. The molecule has 17 heavy (non-hydrogen) atoms. The van der Waals surface area contributed by atoms with Crippen LogP contribution in [0.2, 0.25) is 0 Å². The molecule has 0 saturated carbocycles. The molecule has 1 amide bonds. The summed E-state index contributed by atoms with van der Waals surface area (Å²) in [6.07, 6.45) is 3.96. The second-order valence-corrected chi connectivity index (χ2v) is 4.68. The van der Waals surface area contributed by atoms with E-state index < -0.39 is 0 Å². The zero-order valence-electron chi connectivity index (χ0n) is 10.4. The molecule has 0 spiro atoms. The molecule has 1 heterocycles. The Morgan fingerprint density at radius 3 is 2.82 bits per heavy atom. The van der Waals surface area contributed by atoms with Crippen LogP contribution in [0, 0.1) is 6.92 Å². The second-order valence-electron chi connectivity index (χ2n) is 4.68. The number of carbonyl (C=O) groups excluding carboxylic acids is 1. The highest BCUT2D eigenvalue weighted by atomic mass is 16.2. The van der Waals surface area contributed by atoms with Gasteiger partial charge in [0, 0.05) is 25.2 Å². The number of hydrogen-bond donors (Lipinski definition) is 1. The van der Waals surface area contributed by atoms with Crippen LogP contribution in [-0.4, -0.2) is 12.5 Å². The number of benzene rings is 1. The molecule has 0 radical (unpaired) electrons. The smallest absolute Gasteiger partial charge is 0.226 e. The SMILES string of the molecule is Cc1cc(CN)ccc1N1CCCCCC1=O. The fourth-order valence-electron chi connectivity index (χ4n) is 2.38. The molecule has 1 aromatic rings. The minimum absolute atomic E-state index is 0.256. The molecule has 1 aliphatic rings. The third-order valence-electron chi connectivity index (χ3n) is 3.36. The third-order valence-corrected chi connectivity index (χ3v) is 3.36. The summed E-state index contributed by atoms with van der Waals surface area (Å²) in [6.45, 7) is 3.45. The number of carbonyl (C=O) groups is 1. The number of anilines is 1. The number of rotatable bonds is 2. The van der Waals surface area contributed by atoms with Gasteiger partial charge in [-0.3, -0.25) is 4.79 Å². The fraction of sp³-hybridized carbons (Fsp3) is 0.500. The van der Waals surface area contributed by atoms with E-state index in [1.54, 1.807) is 0 Å². The molecule has 0 atom stereocenters. The van der Waals surface area contributed by atoms with Crippen molar-refractivity contribution in [1.29, 1.82) is 0 Å². The Bertz CT molecular complexity index is 415. The molecule has 1 saturated heterocycles. The summed E-state index contributed by atoms with van der Waals surface area (Å²) in [5.41, 5.74) is 8.93. The molecule has 2 rings (SSSR count). The Morgan fingerprint density at radius 1 is 1.29 bits per heavy atom. The topological polar surface area (TPSA) is 46.3 Å². The Labute approximate surface area is 103 Å². The van der Waals surface area contributed by atoms with Crippen LogP contribution in [0.5, 0.6) is 0 Å². The van der Waals surface area contributed by atoms with Gasteiger partial charge in [-0.05, 0) is 37.0 Å². The largest absolute Gasteiger partial charge is 0.326 e. The molecule has 0 aliphatic carbocycles. The highest BCUT2D eigenvalue weighted by Gasteiger charge is 2.19. The molecular weight excluding hydrogens is 212 g/mol. The van der Waals surface area contributed by atoms with E-state index in [1.165, 1.54) is 0 Å². The molecule has 1 fully saturated rings. The van der Waals surface area contributed by atoms with Crippen molar-refractivity contribution in [3.63, 3.8) is 0 Å². The van der Waals surface area contributed by atoms with E-state index in [2.05, 4.69) is 6.07 Å². The van der Waals surface area contributed by atoms with Crippen molar-refractivity contribution in [2.45, 2.75) is 39.2 Å². The number of nitrogens with two attached hydrogens (primary N) is 1. The van der Waals surface area contributed by atoms with Crippen LogP contribution < -0.4 is 10.6 Å². The first-order chi connectivity index (χ1) is 8.22. The standard InChI is InChI=1S/C14H20N2O/c1-11-9-12(10-15)6-7-13(11)16-8-4-2-3-5-14(16)17/h6-7,9H,2-5,8,10,15H2,1H3. The van der Waals surface area contributed by atoms with Crippen molar-refractivity contribution in [2.75, 3.05) is 11.4 Å². The average Bonchev–Trinajstić information content (AvgIpc) is 2.54. The van der Waals surface area contributed by atoms with Crippen molar-refractivity contribution in [3.8, 4) is 0 Å². The molecule has 0 unspecified atom stereocenters. The van der Waals surface area contributed by atoms with Gasteiger partial charge in [0.2, 0.25) is 5.91 Å². The summed E-state index contributed by atoms with van der Waals surface area (Å²) < 4.78 is 0. The van der Waals surface area contributed by atoms with Gasteiger partial charge in [0.15, 0.2) is 0 Å². The minimum Gasteiger partial charge on any atom is -0.326 e. The molecule has 1 aromatic carbocycles. The molecule has 92 valence electrons. The van der Waals surface area contributed by atoms with Crippen molar-refractivity contribution in [1.82, 2.24) is 0 Å². The monoisotopic (exact) mass is 232 g/mol. The quantitative estimate of drug-likeness (QED) is 0.850. The number of hydrogen-bond acceptors (Lipinski definition) is 2. The predicted molar refractivity (Wildman–Crippen MR) is 69.9 cm³/mol. The lowest BCUT2D eigenvalue weighted by molar-refractivity contribution is -0.118. The minimum atomic E-state index is 0.256. The van der Waals surface area contributed by atoms with E-state index in [1.807, 2.05) is 24.0 Å². The van der Waals surface area contributed by atoms with Crippen molar-refractivity contribution < 1.29 is 4.79 Å². The van der Waals surface area contributed by atoms with Crippen LogP contribution in [-0.2, 0) is 11.3 Å². The molecule has 0 bridgehead atoms. The van der Waals surface area contributed by atoms with Crippen LogP contribution in [0.25, 0.3) is 0 Å². The maximum absolute atomic E-state index is 12.0. The van der Waals surface area contributed by atoms with Gasteiger partial charge in [-0.15, -0.1) is 0 Å². The highest BCUT2D eigenvalue weighted by molar-refractivity contribution is 5.94. The van der Waals surface area contributed by atoms with Gasteiger partial charge < -0.3 is 10.6 Å². The van der Waals surface area contributed by atoms with Crippen LogP contribution in [0.3, 0.4) is 0 Å². The van der Waals surface area contributed by atoms with E-state index in [0.29, 0.717) is 13.0 Å². The molecule has 0 aromatic heterocycles. The molecule has 3 nitrogen and oxygen atoms in total. The Kier molecular flexibility index (Phi) is 3.79. The van der Waals surface area contributed by atoms with Gasteiger partial charge in [-0.1, -0.05) is 18.6 Å². The number of amides is 1. The first kappa shape index (κ1) is 12.1. The van der Waals surface area contributed by atoms with E-state index >= 15 is 0 Å². The van der Waals surface area contributed by atoms with E-state index in [0.717, 1.165) is 42.6 Å². The normalized spacial score (nSPS) is 17.1. The third kappa shape index (κ3) is 2.67. The van der Waals surface area contributed by atoms with Gasteiger partial charge in [0.1, 0.15) is 0 Å². The maximum atomic E-state index is 12.0. The lowest BCUT2D eigenvalue weighted by Gasteiger charge is -2.23. The van der Waals surface area contributed by atoms with Crippen LogP contribution in [0.15, 0.2) is 18.2 Å². The van der Waals surface area contributed by atoms with Crippen LogP contribution >= 0.6 is 0 Å². The van der Waals surface area contributed by atoms with Crippen molar-refractivity contribution in [3.05, 3.63) is 29.3 Å². The lowest BCUT2D eigenvalue weighted by atomic mass is 10.1. The lowest BCUT2D eigenvalue weighted by Crippen LogP contribution is -2.30. The summed E-state index contributed by atoms with van der Waals surface area (Å²) in [7, 11) is 0. The van der Waals surface area contributed by atoms with E-state index in [-0.39, 0.29) is 5.91 Å². The van der Waals surface area contributed by atoms with Gasteiger partial charge >= 0.3 is 0 Å². The van der Waals surface area contributed by atoms with Crippen LogP contribution in [0.1, 0.15) is 36.8 Å². The number of aryl methyl sites for hydroxylation is 1. The number of nitrogens with zero attached hydrogens (tertiary/aromatic N) is 1. The van der Waals surface area contributed by atoms with E-state index in [9.17, 15) is 4.79 Å².